The van der Waals surface area contributed by atoms with Gasteiger partial charge in [0, 0.05) is 36.0 Å². The molecule has 2 N–H and O–H groups in total. The number of carboxylic acids is 1. The Hall–Kier alpha value is -6.13. The monoisotopic (exact) mass is 662 g/mol. The number of carbonyl (C=O) groups is 2. The number of anilines is 2. The van der Waals surface area contributed by atoms with Gasteiger partial charge in [0.1, 0.15) is 11.9 Å². The van der Waals surface area contributed by atoms with Gasteiger partial charge in [-0.05, 0) is 59.0 Å². The first kappa shape index (κ1) is 30.2. The maximum absolute atomic E-state index is 13.5. The summed E-state index contributed by atoms with van der Waals surface area (Å²) in [5.41, 5.74) is 6.60. The fourth-order valence-corrected chi connectivity index (χ4v) is 7.35. The van der Waals surface area contributed by atoms with Crippen molar-refractivity contribution in [3.63, 3.8) is 0 Å². The molecule has 4 heterocycles. The van der Waals surface area contributed by atoms with Gasteiger partial charge in [0.05, 0.1) is 16.4 Å². The number of aromatic carboxylic acids is 1. The Bertz CT molecular complexity index is 2250. The van der Waals surface area contributed by atoms with Gasteiger partial charge in [-0.1, -0.05) is 96.3 Å². The maximum atomic E-state index is 13.5. The van der Waals surface area contributed by atoms with Crippen molar-refractivity contribution >= 4 is 44.4 Å². The zero-order chi connectivity index (χ0) is 33.3. The van der Waals surface area contributed by atoms with Crippen LogP contribution in [0.25, 0.3) is 21.3 Å². The second-order valence-electron chi connectivity index (χ2n) is 11.9. The zero-order valence-corrected chi connectivity index (χ0v) is 27.0. The summed E-state index contributed by atoms with van der Waals surface area (Å²) in [6.45, 7) is 1.05. The van der Waals surface area contributed by atoms with Crippen molar-refractivity contribution < 1.29 is 14.7 Å². The van der Waals surface area contributed by atoms with Crippen LogP contribution in [0, 0.1) is 0 Å². The van der Waals surface area contributed by atoms with E-state index in [9.17, 15) is 14.7 Å². The minimum Gasteiger partial charge on any atom is -0.476 e. The van der Waals surface area contributed by atoms with E-state index >= 15 is 0 Å². The molecule has 3 aromatic heterocycles. The Morgan fingerprint density at radius 1 is 0.816 bits per heavy atom. The van der Waals surface area contributed by atoms with Crippen LogP contribution in [-0.2, 0) is 13.0 Å². The number of nitrogens with zero attached hydrogens (tertiary/aromatic N) is 5. The molecule has 4 aromatic carbocycles. The molecule has 0 saturated carbocycles. The summed E-state index contributed by atoms with van der Waals surface area (Å²) in [7, 11) is 0. The van der Waals surface area contributed by atoms with Crippen LogP contribution < -0.4 is 10.2 Å². The van der Waals surface area contributed by atoms with Crippen molar-refractivity contribution in [1.29, 1.82) is 0 Å². The highest BCUT2D eigenvalue weighted by molar-refractivity contribution is 7.22. The van der Waals surface area contributed by atoms with Crippen molar-refractivity contribution in [2.75, 3.05) is 16.8 Å². The Morgan fingerprint density at radius 3 is 2.29 bits per heavy atom. The molecule has 0 bridgehead atoms. The van der Waals surface area contributed by atoms with Crippen LogP contribution in [0.5, 0.6) is 0 Å². The van der Waals surface area contributed by atoms with Crippen LogP contribution in [0.1, 0.15) is 49.1 Å². The lowest BCUT2D eigenvalue weighted by atomic mass is 9.94. The summed E-state index contributed by atoms with van der Waals surface area (Å²) in [4.78, 5) is 37.4. The van der Waals surface area contributed by atoms with E-state index in [1.165, 1.54) is 11.3 Å². The predicted octanol–water partition coefficient (Wildman–Crippen LogP) is 7.71. The normalized spacial score (nSPS) is 12.6. The van der Waals surface area contributed by atoms with Crippen molar-refractivity contribution in [2.24, 2.45) is 0 Å². The molecule has 7 aromatic rings. The number of pyridine rings is 1. The summed E-state index contributed by atoms with van der Waals surface area (Å²) in [5.74, 6) is -0.818. The van der Waals surface area contributed by atoms with Gasteiger partial charge in [-0.2, -0.15) is 5.10 Å². The molecule has 10 heteroatoms. The van der Waals surface area contributed by atoms with Crippen LogP contribution in [-0.4, -0.2) is 43.3 Å². The highest BCUT2D eigenvalue weighted by Crippen LogP contribution is 2.33. The van der Waals surface area contributed by atoms with E-state index in [2.05, 4.69) is 39.6 Å². The van der Waals surface area contributed by atoms with Gasteiger partial charge in [-0.3, -0.25) is 14.8 Å². The van der Waals surface area contributed by atoms with E-state index in [1.54, 1.807) is 12.3 Å². The standard InChI is InChI=1S/C39H30N6O3S/c46-37(43-39-41-32-16-7-8-17-33(32)49-39)30-15-9-14-25-20-21-44(24-31(25)30)34-19-18-29(35(42-34)38(47)48)28-22-40-45(23-28)36(26-10-3-1-4-11-26)27-12-5-2-6-13-27/h1-19,22-23,36H,20-21,24H2,(H,47,48)(H,41,43,46). The summed E-state index contributed by atoms with van der Waals surface area (Å²) in [6, 6.07) is 37.2. The third-order valence-electron chi connectivity index (χ3n) is 8.85. The number of para-hydroxylation sites is 1. The van der Waals surface area contributed by atoms with Gasteiger partial charge in [-0.15, -0.1) is 0 Å². The summed E-state index contributed by atoms with van der Waals surface area (Å²) >= 11 is 1.43. The van der Waals surface area contributed by atoms with Gasteiger partial charge in [0.25, 0.3) is 5.91 Å². The van der Waals surface area contributed by atoms with Crippen molar-refractivity contribution in [3.8, 4) is 11.1 Å². The number of nitrogens with one attached hydrogen (secondary N) is 1. The lowest BCUT2D eigenvalue weighted by Crippen LogP contribution is -2.33. The topological polar surface area (TPSA) is 113 Å². The summed E-state index contributed by atoms with van der Waals surface area (Å²) in [6.07, 6.45) is 4.26. The van der Waals surface area contributed by atoms with Crippen molar-refractivity contribution in [3.05, 3.63) is 161 Å². The third kappa shape index (κ3) is 5.94. The lowest BCUT2D eigenvalue weighted by Gasteiger charge is -2.31. The highest BCUT2D eigenvalue weighted by atomic mass is 32.1. The molecule has 0 saturated heterocycles. The second kappa shape index (κ2) is 12.8. The molecule has 1 aliphatic rings. The molecule has 1 aliphatic heterocycles. The quantitative estimate of drug-likeness (QED) is 0.171. The molecule has 0 aliphatic carbocycles. The minimum absolute atomic E-state index is 0.0549. The first-order valence-corrected chi connectivity index (χ1v) is 16.7. The number of hydrogen-bond acceptors (Lipinski definition) is 7. The van der Waals surface area contributed by atoms with Crippen LogP contribution >= 0.6 is 11.3 Å². The first-order valence-electron chi connectivity index (χ1n) is 15.9. The number of benzene rings is 4. The van der Waals surface area contributed by atoms with Crippen LogP contribution in [0.2, 0.25) is 0 Å². The smallest absolute Gasteiger partial charge is 0.355 e. The van der Waals surface area contributed by atoms with Crippen molar-refractivity contribution in [1.82, 2.24) is 19.7 Å². The minimum atomic E-state index is -1.12. The van der Waals surface area contributed by atoms with Crippen LogP contribution in [0.3, 0.4) is 0 Å². The third-order valence-corrected chi connectivity index (χ3v) is 9.80. The van der Waals surface area contributed by atoms with E-state index in [-0.39, 0.29) is 17.6 Å². The van der Waals surface area contributed by atoms with E-state index in [0.29, 0.717) is 47.2 Å². The average molecular weight is 663 g/mol. The number of carbonyl (C=O) groups excluding carboxylic acids is 1. The molecule has 8 rings (SSSR count). The molecule has 0 spiro atoms. The summed E-state index contributed by atoms with van der Waals surface area (Å²) < 4.78 is 2.87. The molecular weight excluding hydrogens is 633 g/mol. The van der Waals surface area contributed by atoms with E-state index in [4.69, 9.17) is 5.10 Å². The number of thiazole rings is 1. The fourth-order valence-electron chi connectivity index (χ4n) is 6.49. The zero-order valence-electron chi connectivity index (χ0n) is 26.2. The van der Waals surface area contributed by atoms with Gasteiger partial charge < -0.3 is 10.0 Å². The van der Waals surface area contributed by atoms with Crippen LogP contribution in [0.4, 0.5) is 10.9 Å². The van der Waals surface area contributed by atoms with Gasteiger partial charge >= 0.3 is 5.97 Å². The molecule has 0 fully saturated rings. The Kier molecular flexibility index (Phi) is 7.90. The molecule has 0 atom stereocenters. The molecule has 9 nitrogen and oxygen atoms in total. The number of carboxylic acid groups (broad SMARTS) is 1. The number of hydrogen-bond donors (Lipinski definition) is 2. The Balaban J connectivity index is 1.08. The summed E-state index contributed by atoms with van der Waals surface area (Å²) in [5, 5.41) is 18.5. The molecular formula is C39H30N6O3S. The number of amides is 1. The van der Waals surface area contributed by atoms with Gasteiger partial charge in [-0.25, -0.2) is 14.8 Å². The molecule has 0 radical (unpaired) electrons. The van der Waals surface area contributed by atoms with E-state index < -0.39 is 5.97 Å². The maximum Gasteiger partial charge on any atom is 0.355 e. The van der Waals surface area contributed by atoms with Gasteiger partial charge in [0.2, 0.25) is 0 Å². The lowest BCUT2D eigenvalue weighted by molar-refractivity contribution is 0.0691. The number of aromatic nitrogens is 4. The molecule has 49 heavy (non-hydrogen) atoms. The van der Waals surface area contributed by atoms with E-state index in [0.717, 1.165) is 32.5 Å². The Labute approximate surface area is 286 Å². The number of fused-ring (bicyclic) bond motifs is 2. The molecule has 1 amide bonds. The average Bonchev–Trinajstić information content (AvgIpc) is 3.79. The second-order valence-corrected chi connectivity index (χ2v) is 12.9. The first-order chi connectivity index (χ1) is 24.0. The Morgan fingerprint density at radius 2 is 1.55 bits per heavy atom. The van der Waals surface area contributed by atoms with Crippen LogP contribution in [0.15, 0.2) is 128 Å². The molecule has 0 unspecified atom stereocenters. The number of rotatable bonds is 8. The van der Waals surface area contributed by atoms with Crippen molar-refractivity contribution in [2.45, 2.75) is 19.0 Å². The predicted molar refractivity (Wildman–Crippen MR) is 191 cm³/mol. The SMILES string of the molecule is O=C(Nc1nc2ccccc2s1)c1cccc2c1CN(c1ccc(-c3cnn(C(c4ccccc4)c4ccccc4)c3)c(C(=O)O)n1)CC2. The molecule has 240 valence electrons. The fraction of sp³-hybridized carbons (Fsp3) is 0.103. The highest BCUT2D eigenvalue weighted by Gasteiger charge is 2.26. The van der Waals surface area contributed by atoms with E-state index in [1.807, 2.05) is 101 Å². The largest absolute Gasteiger partial charge is 0.476 e. The van der Waals surface area contributed by atoms with Gasteiger partial charge in [0.15, 0.2) is 10.8 Å².